The zero-order valence-electron chi connectivity index (χ0n) is 14.6. The van der Waals surface area contributed by atoms with Crippen molar-refractivity contribution in [3.05, 3.63) is 82.6 Å². The third-order valence-corrected chi connectivity index (χ3v) is 4.30. The molecule has 2 nitrogen and oxygen atoms in total. The zero-order chi connectivity index (χ0) is 23.3. The van der Waals surface area contributed by atoms with Gasteiger partial charge in [-0.05, 0) is 17.7 Å². The maximum absolute atomic E-state index is 15.6. The number of alkyl halides is 4. The monoisotopic (exact) mass is 460 g/mol. The highest BCUT2D eigenvalue weighted by Crippen LogP contribution is 2.48. The molecule has 0 fully saturated rings. The van der Waals surface area contributed by atoms with Crippen molar-refractivity contribution in [1.29, 1.82) is 0 Å². The normalized spacial score (nSPS) is 19.7. The standard InChI is InChI=1S/C18H7F11N2/c19-8-5-9(20)17(26,6-7-1-3-30-4-2-7)31(16(8)25)15-13(23)11(21)10(18(27,28)29)12(22)14(15)24/h1-5H,6H2. The largest absolute Gasteiger partial charge is 0.422 e. The van der Waals surface area contributed by atoms with Crippen molar-refractivity contribution in [2.75, 3.05) is 4.90 Å². The Morgan fingerprint density at radius 2 is 1.35 bits per heavy atom. The van der Waals surface area contributed by atoms with E-state index in [9.17, 15) is 43.9 Å². The van der Waals surface area contributed by atoms with Gasteiger partial charge in [0.25, 0.3) is 0 Å². The fourth-order valence-electron chi connectivity index (χ4n) is 2.93. The summed E-state index contributed by atoms with van der Waals surface area (Å²) in [4.78, 5) is 2.51. The highest BCUT2D eigenvalue weighted by Gasteiger charge is 2.52. The summed E-state index contributed by atoms with van der Waals surface area (Å²) in [6, 6.07) is 2.08. The molecule has 0 N–H and O–H groups in total. The Bertz CT molecular complexity index is 1060. The van der Waals surface area contributed by atoms with Crippen LogP contribution in [0.15, 0.2) is 48.2 Å². The predicted molar refractivity (Wildman–Crippen MR) is 84.0 cm³/mol. The van der Waals surface area contributed by atoms with Crippen LogP contribution in [-0.2, 0) is 12.6 Å². The van der Waals surface area contributed by atoms with E-state index in [1.807, 2.05) is 0 Å². The van der Waals surface area contributed by atoms with Crippen LogP contribution in [0.25, 0.3) is 0 Å². The van der Waals surface area contributed by atoms with Crippen LogP contribution in [0.1, 0.15) is 11.1 Å². The Balaban J connectivity index is 2.31. The highest BCUT2D eigenvalue weighted by molar-refractivity contribution is 5.62. The SMILES string of the molecule is FC1=CC(F)=C(F)N(c2c(F)c(F)c(C(F)(F)F)c(F)c2F)C1(F)Cc1ccncc1. The minimum absolute atomic E-state index is 0.199. The lowest BCUT2D eigenvalue weighted by Gasteiger charge is -2.39. The van der Waals surface area contributed by atoms with Gasteiger partial charge in [-0.1, -0.05) is 0 Å². The van der Waals surface area contributed by atoms with E-state index >= 15 is 4.39 Å². The molecule has 0 saturated carbocycles. The number of benzene rings is 1. The Hall–Kier alpha value is -3.12. The van der Waals surface area contributed by atoms with E-state index in [1.54, 1.807) is 0 Å². The van der Waals surface area contributed by atoms with Crippen LogP contribution in [0.5, 0.6) is 0 Å². The third-order valence-electron chi connectivity index (χ3n) is 4.30. The molecule has 3 rings (SSSR count). The summed E-state index contributed by atoms with van der Waals surface area (Å²) in [7, 11) is 0. The van der Waals surface area contributed by atoms with E-state index in [1.165, 1.54) is 0 Å². The van der Waals surface area contributed by atoms with E-state index in [0.29, 0.717) is 0 Å². The molecule has 0 amide bonds. The van der Waals surface area contributed by atoms with Gasteiger partial charge in [-0.15, -0.1) is 0 Å². The number of hydrogen-bond acceptors (Lipinski definition) is 2. The average Bonchev–Trinajstić information content (AvgIpc) is 2.67. The lowest BCUT2D eigenvalue weighted by Crippen LogP contribution is -2.49. The van der Waals surface area contributed by atoms with Gasteiger partial charge in [0.2, 0.25) is 11.7 Å². The summed E-state index contributed by atoms with van der Waals surface area (Å²) >= 11 is 0. The maximum Gasteiger partial charge on any atom is 0.422 e. The molecule has 2 heterocycles. The molecule has 166 valence electrons. The number of halogens is 11. The number of nitrogens with zero attached hydrogens (tertiary/aromatic N) is 2. The maximum atomic E-state index is 15.6. The molecule has 1 aliphatic rings. The molecule has 0 bridgehead atoms. The number of rotatable bonds is 3. The Labute approximate surface area is 165 Å². The van der Waals surface area contributed by atoms with Gasteiger partial charge in [0, 0.05) is 24.9 Å². The minimum atomic E-state index is -5.94. The van der Waals surface area contributed by atoms with E-state index in [-0.39, 0.29) is 11.6 Å². The van der Waals surface area contributed by atoms with Crippen molar-refractivity contribution in [2.45, 2.75) is 18.4 Å². The highest BCUT2D eigenvalue weighted by atomic mass is 19.4. The fraction of sp³-hybridized carbons (Fsp3) is 0.167. The Kier molecular flexibility index (Phi) is 5.48. The van der Waals surface area contributed by atoms with Crippen molar-refractivity contribution >= 4 is 5.69 Å². The van der Waals surface area contributed by atoms with Gasteiger partial charge in [-0.25, -0.2) is 30.7 Å². The summed E-state index contributed by atoms with van der Waals surface area (Å²) in [5.41, 5.74) is -5.66. The van der Waals surface area contributed by atoms with Gasteiger partial charge >= 0.3 is 6.18 Å². The van der Waals surface area contributed by atoms with E-state index < -0.39 is 75.4 Å². The number of aromatic nitrogens is 1. The first kappa shape index (κ1) is 22.6. The fourth-order valence-corrected chi connectivity index (χ4v) is 2.93. The van der Waals surface area contributed by atoms with Gasteiger partial charge in [-0.2, -0.15) is 17.6 Å². The van der Waals surface area contributed by atoms with Crippen molar-refractivity contribution in [1.82, 2.24) is 4.98 Å². The van der Waals surface area contributed by atoms with Gasteiger partial charge in [-0.3, -0.25) is 9.88 Å². The van der Waals surface area contributed by atoms with E-state index in [4.69, 9.17) is 0 Å². The van der Waals surface area contributed by atoms with Crippen molar-refractivity contribution in [2.24, 2.45) is 0 Å². The molecule has 2 aromatic rings. The minimum Gasteiger partial charge on any atom is -0.270 e. The molecule has 0 saturated heterocycles. The van der Waals surface area contributed by atoms with Crippen LogP contribution in [0.3, 0.4) is 0 Å². The molecule has 13 heteroatoms. The summed E-state index contributed by atoms with van der Waals surface area (Å²) in [5.74, 6) is -22.9. The first-order valence-electron chi connectivity index (χ1n) is 8.04. The second-order valence-corrected chi connectivity index (χ2v) is 6.24. The molecule has 31 heavy (non-hydrogen) atoms. The predicted octanol–water partition coefficient (Wildman–Crippen LogP) is 6.35. The van der Waals surface area contributed by atoms with Crippen molar-refractivity contribution in [3.63, 3.8) is 0 Å². The van der Waals surface area contributed by atoms with Gasteiger partial charge in [0.1, 0.15) is 11.3 Å². The van der Waals surface area contributed by atoms with E-state index in [2.05, 4.69) is 4.98 Å². The first-order valence-corrected chi connectivity index (χ1v) is 8.04. The number of pyridine rings is 1. The van der Waals surface area contributed by atoms with Crippen molar-refractivity contribution in [3.8, 4) is 0 Å². The third kappa shape index (κ3) is 3.61. The molecule has 1 unspecified atom stereocenters. The van der Waals surface area contributed by atoms with Crippen LogP contribution in [0.2, 0.25) is 0 Å². The molecular weight excluding hydrogens is 453 g/mol. The average molecular weight is 460 g/mol. The second-order valence-electron chi connectivity index (χ2n) is 6.24. The molecule has 0 radical (unpaired) electrons. The molecule has 0 aliphatic carbocycles. The van der Waals surface area contributed by atoms with E-state index in [0.717, 1.165) is 24.5 Å². The van der Waals surface area contributed by atoms with Gasteiger partial charge in [0.15, 0.2) is 34.9 Å². The van der Waals surface area contributed by atoms with Crippen LogP contribution in [-0.4, -0.2) is 10.8 Å². The summed E-state index contributed by atoms with van der Waals surface area (Å²) < 4.78 is 153. The number of allylic oxidation sites excluding steroid dienone is 2. The van der Waals surface area contributed by atoms with Crippen LogP contribution in [0, 0.1) is 23.3 Å². The van der Waals surface area contributed by atoms with Gasteiger partial charge < -0.3 is 0 Å². The molecule has 1 aliphatic heterocycles. The smallest absolute Gasteiger partial charge is 0.270 e. The number of anilines is 1. The molecule has 1 aromatic carbocycles. The summed E-state index contributed by atoms with van der Waals surface area (Å²) in [5, 5.41) is 0. The van der Waals surface area contributed by atoms with Gasteiger partial charge in [0.05, 0.1) is 0 Å². The van der Waals surface area contributed by atoms with Crippen molar-refractivity contribution < 1.29 is 48.3 Å². The van der Waals surface area contributed by atoms with Crippen LogP contribution < -0.4 is 4.90 Å². The molecule has 1 atom stereocenters. The van der Waals surface area contributed by atoms with Crippen LogP contribution >= 0.6 is 0 Å². The van der Waals surface area contributed by atoms with Crippen LogP contribution in [0.4, 0.5) is 54.0 Å². The lowest BCUT2D eigenvalue weighted by atomic mass is 9.97. The summed E-state index contributed by atoms with van der Waals surface area (Å²) in [6.45, 7) is 0. The lowest BCUT2D eigenvalue weighted by molar-refractivity contribution is -0.143. The Morgan fingerprint density at radius 3 is 1.84 bits per heavy atom. The first-order chi connectivity index (χ1) is 14.3. The Morgan fingerprint density at radius 1 is 0.839 bits per heavy atom. The molecule has 1 aromatic heterocycles. The number of hydrogen-bond donors (Lipinski definition) is 0. The zero-order valence-corrected chi connectivity index (χ0v) is 14.6. The molecular formula is C18H7F11N2. The topological polar surface area (TPSA) is 16.1 Å². The summed E-state index contributed by atoms with van der Waals surface area (Å²) in [6.07, 6.45) is -5.45. The quantitative estimate of drug-likeness (QED) is 0.302. The molecule has 0 spiro atoms. The second kappa shape index (κ2) is 7.54.